The van der Waals surface area contributed by atoms with Crippen molar-refractivity contribution in [3.63, 3.8) is 0 Å². The Morgan fingerprint density at radius 1 is 1.35 bits per heavy atom. The zero-order chi connectivity index (χ0) is 19.8. The number of anilines is 2. The molecule has 0 spiro atoms. The van der Waals surface area contributed by atoms with Gasteiger partial charge in [0.15, 0.2) is 5.82 Å². The lowest BCUT2D eigenvalue weighted by Crippen LogP contribution is -2.32. The third-order valence-corrected chi connectivity index (χ3v) is 5.23. The summed E-state index contributed by atoms with van der Waals surface area (Å²) in [6, 6.07) is 1.38. The second-order valence-corrected chi connectivity index (χ2v) is 7.44. The summed E-state index contributed by atoms with van der Waals surface area (Å²) in [5.74, 6) is -0.543. The lowest BCUT2D eigenvalue weighted by molar-refractivity contribution is -0.137. The minimum atomic E-state index is -4.63. The number of nitrogen functional groups attached to an aromatic ring is 1. The Morgan fingerprint density at radius 3 is 2.31 bits per heavy atom. The van der Waals surface area contributed by atoms with Gasteiger partial charge < -0.3 is 5.73 Å². The van der Waals surface area contributed by atoms with Crippen molar-refractivity contribution in [2.75, 3.05) is 15.8 Å². The van der Waals surface area contributed by atoms with Crippen LogP contribution in [0.1, 0.15) is 19.4 Å². The topological polar surface area (TPSA) is 81.2 Å². The molecule has 0 aliphatic heterocycles. The van der Waals surface area contributed by atoms with Crippen LogP contribution in [0.4, 0.5) is 24.7 Å². The Labute approximate surface area is 159 Å². The first kappa shape index (κ1) is 20.5. The van der Waals surface area contributed by atoms with Gasteiger partial charge >= 0.3 is 6.18 Å². The molecule has 12 heteroatoms. The van der Waals surface area contributed by atoms with Crippen LogP contribution in [0.5, 0.6) is 0 Å². The van der Waals surface area contributed by atoms with Crippen molar-refractivity contribution in [3.05, 3.63) is 33.9 Å². The highest BCUT2D eigenvalue weighted by Gasteiger charge is 2.33. The van der Waals surface area contributed by atoms with E-state index in [-0.39, 0.29) is 33.0 Å². The van der Waals surface area contributed by atoms with Gasteiger partial charge in [-0.15, -0.1) is 0 Å². The van der Waals surface area contributed by atoms with E-state index in [4.69, 9.17) is 28.9 Å². The molecule has 1 aromatic heterocycles. The predicted octanol–water partition coefficient (Wildman–Crippen LogP) is 3.82. The Kier molecular flexibility index (Phi) is 5.89. The Morgan fingerprint density at radius 2 is 1.88 bits per heavy atom. The van der Waals surface area contributed by atoms with Gasteiger partial charge in [-0.2, -0.15) is 18.3 Å². The van der Waals surface area contributed by atoms with E-state index in [0.29, 0.717) is 12.1 Å². The van der Waals surface area contributed by atoms with Crippen LogP contribution in [-0.2, 0) is 22.0 Å². The smallest absolute Gasteiger partial charge is 0.382 e. The molecule has 1 aromatic carbocycles. The van der Waals surface area contributed by atoms with Crippen molar-refractivity contribution in [1.82, 2.24) is 9.78 Å². The fourth-order valence-corrected chi connectivity index (χ4v) is 3.72. The molecule has 0 aliphatic carbocycles. The number of rotatable bonds is 4. The van der Waals surface area contributed by atoms with E-state index in [1.165, 1.54) is 6.92 Å². The number of aromatic nitrogens is 2. The van der Waals surface area contributed by atoms with Gasteiger partial charge in [0.2, 0.25) is 5.91 Å². The Balaban J connectivity index is 2.61. The molecule has 2 N–H and O–H groups in total. The number of carbonyl (C=O) groups excluding carboxylic acids is 1. The number of hydrogen-bond donors (Lipinski definition) is 1. The number of nitrogens with zero attached hydrogens (tertiary/aromatic N) is 3. The first-order chi connectivity index (χ1) is 12.0. The lowest BCUT2D eigenvalue weighted by Gasteiger charge is -2.18. The molecule has 26 heavy (non-hydrogen) atoms. The molecule has 142 valence electrons. The number of hydrogen-bond acceptors (Lipinski definition) is 4. The van der Waals surface area contributed by atoms with Crippen molar-refractivity contribution in [1.29, 1.82) is 0 Å². The number of amides is 1. The van der Waals surface area contributed by atoms with E-state index < -0.39 is 28.6 Å². The van der Waals surface area contributed by atoms with Gasteiger partial charge in [-0.3, -0.25) is 4.79 Å². The zero-order valence-corrected chi connectivity index (χ0v) is 15.8. The van der Waals surface area contributed by atoms with E-state index in [9.17, 15) is 22.2 Å². The standard InChI is InChI=1S/C14H13Cl2F3N4O2S/c1-3-26(25)23(7(2)24)11-6-21-22(13(11)20)12-9(15)4-8(5-10(12)16)14(17,18)19/h4-6H,3,20H2,1-2H3. The largest absolute Gasteiger partial charge is 0.416 e. The van der Waals surface area contributed by atoms with E-state index >= 15 is 0 Å². The predicted molar refractivity (Wildman–Crippen MR) is 94.8 cm³/mol. The SMILES string of the molecule is CCS(=O)N(C(C)=O)c1cnn(-c2c(Cl)cc(C(F)(F)F)cc2Cl)c1N. The third-order valence-electron chi connectivity index (χ3n) is 3.30. The zero-order valence-electron chi connectivity index (χ0n) is 13.5. The summed E-state index contributed by atoms with van der Waals surface area (Å²) in [6.07, 6.45) is -3.47. The van der Waals surface area contributed by atoms with Gasteiger partial charge in [-0.25, -0.2) is 13.2 Å². The second-order valence-electron chi connectivity index (χ2n) is 5.04. The molecular weight excluding hydrogens is 416 g/mol. The quantitative estimate of drug-likeness (QED) is 0.802. The number of carbonyl (C=O) groups is 1. The number of nitrogens with two attached hydrogens (primary N) is 1. The minimum Gasteiger partial charge on any atom is -0.382 e. The fraction of sp³-hybridized carbons (Fsp3) is 0.286. The molecule has 1 amide bonds. The van der Waals surface area contributed by atoms with Gasteiger partial charge in [0.05, 0.1) is 21.8 Å². The van der Waals surface area contributed by atoms with Crippen molar-refractivity contribution >= 4 is 51.6 Å². The molecule has 1 atom stereocenters. The first-order valence-electron chi connectivity index (χ1n) is 7.08. The average Bonchev–Trinajstić information content (AvgIpc) is 2.87. The fourth-order valence-electron chi connectivity index (χ4n) is 2.17. The molecular formula is C14H13Cl2F3N4O2S. The van der Waals surface area contributed by atoms with Crippen molar-refractivity contribution in [2.45, 2.75) is 20.0 Å². The highest BCUT2D eigenvalue weighted by molar-refractivity contribution is 7.87. The average molecular weight is 429 g/mol. The van der Waals surface area contributed by atoms with Gasteiger partial charge in [0, 0.05) is 12.7 Å². The molecule has 0 saturated carbocycles. The van der Waals surface area contributed by atoms with E-state index in [1.54, 1.807) is 6.92 Å². The number of alkyl halides is 3. The molecule has 0 saturated heterocycles. The highest BCUT2D eigenvalue weighted by atomic mass is 35.5. The summed E-state index contributed by atoms with van der Waals surface area (Å²) in [7, 11) is -1.69. The molecule has 1 unspecified atom stereocenters. The summed E-state index contributed by atoms with van der Waals surface area (Å²) < 4.78 is 52.5. The summed E-state index contributed by atoms with van der Waals surface area (Å²) in [4.78, 5) is 11.8. The van der Waals surface area contributed by atoms with Gasteiger partial charge in [0.1, 0.15) is 22.4 Å². The van der Waals surface area contributed by atoms with Gasteiger partial charge in [-0.05, 0) is 12.1 Å². The van der Waals surface area contributed by atoms with E-state index in [2.05, 4.69) is 5.10 Å². The monoisotopic (exact) mass is 428 g/mol. The van der Waals surface area contributed by atoms with Crippen LogP contribution in [0.25, 0.3) is 5.69 Å². The Hall–Kier alpha value is -1.78. The maximum absolute atomic E-state index is 12.8. The van der Waals surface area contributed by atoms with Gasteiger partial charge in [-0.1, -0.05) is 30.1 Å². The number of halogens is 5. The van der Waals surface area contributed by atoms with Crippen LogP contribution in [0.15, 0.2) is 18.3 Å². The van der Waals surface area contributed by atoms with Crippen LogP contribution < -0.4 is 10.0 Å². The molecule has 2 aromatic rings. The van der Waals surface area contributed by atoms with Crippen molar-refractivity contribution < 1.29 is 22.2 Å². The van der Waals surface area contributed by atoms with E-state index in [0.717, 1.165) is 15.2 Å². The van der Waals surface area contributed by atoms with Crippen LogP contribution in [-0.4, -0.2) is 25.6 Å². The normalized spacial score (nSPS) is 12.9. The van der Waals surface area contributed by atoms with Crippen molar-refractivity contribution in [3.8, 4) is 5.69 Å². The van der Waals surface area contributed by atoms with Crippen LogP contribution in [0.3, 0.4) is 0 Å². The summed E-state index contributed by atoms with van der Waals surface area (Å²) in [6.45, 7) is 2.80. The molecule has 1 heterocycles. The molecule has 2 rings (SSSR count). The van der Waals surface area contributed by atoms with Crippen LogP contribution in [0, 0.1) is 0 Å². The summed E-state index contributed by atoms with van der Waals surface area (Å²) in [5, 5.41) is 3.26. The number of benzene rings is 1. The maximum Gasteiger partial charge on any atom is 0.416 e. The summed E-state index contributed by atoms with van der Waals surface area (Å²) in [5.41, 5.74) is 4.88. The second kappa shape index (κ2) is 7.45. The van der Waals surface area contributed by atoms with Crippen molar-refractivity contribution in [2.24, 2.45) is 0 Å². The molecule has 0 radical (unpaired) electrons. The molecule has 0 bridgehead atoms. The summed E-state index contributed by atoms with van der Waals surface area (Å²) >= 11 is 11.9. The highest BCUT2D eigenvalue weighted by Crippen LogP contribution is 2.39. The van der Waals surface area contributed by atoms with E-state index in [1.807, 2.05) is 0 Å². The van der Waals surface area contributed by atoms with Crippen LogP contribution >= 0.6 is 23.2 Å². The lowest BCUT2D eigenvalue weighted by atomic mass is 10.2. The minimum absolute atomic E-state index is 0.0321. The molecule has 0 aliphatic rings. The first-order valence-corrected chi connectivity index (χ1v) is 9.11. The molecule has 6 nitrogen and oxygen atoms in total. The maximum atomic E-state index is 12.8. The molecule has 0 fully saturated rings. The van der Waals surface area contributed by atoms with Crippen LogP contribution in [0.2, 0.25) is 10.0 Å². The third kappa shape index (κ3) is 3.81. The Bertz CT molecular complexity index is 863. The van der Waals surface area contributed by atoms with Gasteiger partial charge in [0.25, 0.3) is 0 Å².